The van der Waals surface area contributed by atoms with Crippen LogP contribution in [0.4, 0.5) is 8.78 Å². The predicted molar refractivity (Wildman–Crippen MR) is 101 cm³/mol. The standard InChI is InChI=1S/C22H29F2N/c1-4-7-21(6-3)25(16-5-2)22(17-8-12-19(23)13-9-17)18-10-14-20(24)15-11-18/h8-15,21-22H,4-7,16H2,1-3H3. The average Bonchev–Trinajstić information content (AvgIpc) is 2.62. The van der Waals surface area contributed by atoms with E-state index in [9.17, 15) is 8.78 Å². The summed E-state index contributed by atoms with van der Waals surface area (Å²) in [6, 6.07) is 13.9. The van der Waals surface area contributed by atoms with E-state index in [0.717, 1.165) is 43.4 Å². The van der Waals surface area contributed by atoms with E-state index in [2.05, 4.69) is 25.7 Å². The minimum absolute atomic E-state index is 0.0117. The lowest BCUT2D eigenvalue weighted by molar-refractivity contribution is 0.142. The highest BCUT2D eigenvalue weighted by Crippen LogP contribution is 2.33. The molecule has 0 radical (unpaired) electrons. The van der Waals surface area contributed by atoms with Crippen LogP contribution < -0.4 is 0 Å². The minimum atomic E-state index is -0.232. The van der Waals surface area contributed by atoms with E-state index in [4.69, 9.17) is 0 Å². The third kappa shape index (κ3) is 5.12. The molecule has 0 spiro atoms. The Balaban J connectivity index is 2.49. The van der Waals surface area contributed by atoms with Crippen molar-refractivity contribution < 1.29 is 8.78 Å². The largest absolute Gasteiger partial charge is 0.289 e. The Morgan fingerprint density at radius 1 is 0.760 bits per heavy atom. The summed E-state index contributed by atoms with van der Waals surface area (Å²) in [6.07, 6.45) is 4.35. The van der Waals surface area contributed by atoms with Crippen molar-refractivity contribution in [1.82, 2.24) is 4.90 Å². The van der Waals surface area contributed by atoms with Gasteiger partial charge in [0.1, 0.15) is 11.6 Å². The van der Waals surface area contributed by atoms with E-state index in [0.29, 0.717) is 6.04 Å². The van der Waals surface area contributed by atoms with Crippen LogP contribution in [0.5, 0.6) is 0 Å². The van der Waals surface area contributed by atoms with Gasteiger partial charge in [0, 0.05) is 6.04 Å². The van der Waals surface area contributed by atoms with Crippen molar-refractivity contribution in [1.29, 1.82) is 0 Å². The second kappa shape index (κ2) is 9.67. The molecule has 0 N–H and O–H groups in total. The third-order valence-corrected chi connectivity index (χ3v) is 4.75. The fourth-order valence-electron chi connectivity index (χ4n) is 3.58. The molecular formula is C22H29F2N. The maximum atomic E-state index is 13.4. The van der Waals surface area contributed by atoms with E-state index in [1.807, 2.05) is 24.3 Å². The first-order valence-corrected chi connectivity index (χ1v) is 9.37. The molecule has 1 atom stereocenters. The van der Waals surface area contributed by atoms with Crippen LogP contribution in [0.3, 0.4) is 0 Å². The number of hydrogen-bond acceptors (Lipinski definition) is 1. The van der Waals surface area contributed by atoms with Crippen molar-refractivity contribution in [3.05, 3.63) is 71.3 Å². The summed E-state index contributed by atoms with van der Waals surface area (Å²) < 4.78 is 26.9. The Hall–Kier alpha value is -1.74. The molecule has 0 bridgehead atoms. The molecule has 1 unspecified atom stereocenters. The van der Waals surface area contributed by atoms with Crippen molar-refractivity contribution in [3.8, 4) is 0 Å². The minimum Gasteiger partial charge on any atom is -0.289 e. The summed E-state index contributed by atoms with van der Waals surface area (Å²) >= 11 is 0. The van der Waals surface area contributed by atoms with Gasteiger partial charge in [-0.2, -0.15) is 0 Å². The molecule has 0 heterocycles. The van der Waals surface area contributed by atoms with Crippen LogP contribution in [0.25, 0.3) is 0 Å². The number of halogens is 2. The smallest absolute Gasteiger partial charge is 0.123 e. The fourth-order valence-corrected chi connectivity index (χ4v) is 3.58. The van der Waals surface area contributed by atoms with Crippen molar-refractivity contribution in [2.45, 2.75) is 58.5 Å². The number of rotatable bonds is 9. The molecule has 136 valence electrons. The molecule has 0 amide bonds. The lowest BCUT2D eigenvalue weighted by Crippen LogP contribution is -2.39. The predicted octanol–water partition coefficient (Wildman–Crippen LogP) is 6.34. The van der Waals surface area contributed by atoms with Crippen molar-refractivity contribution in [3.63, 3.8) is 0 Å². The van der Waals surface area contributed by atoms with Crippen LogP contribution in [-0.2, 0) is 0 Å². The highest BCUT2D eigenvalue weighted by Gasteiger charge is 2.27. The second-order valence-electron chi connectivity index (χ2n) is 6.59. The molecule has 25 heavy (non-hydrogen) atoms. The highest BCUT2D eigenvalue weighted by atomic mass is 19.1. The molecule has 0 aliphatic carbocycles. The van der Waals surface area contributed by atoms with Crippen LogP contribution in [0, 0.1) is 11.6 Å². The zero-order valence-corrected chi connectivity index (χ0v) is 15.5. The molecule has 0 aliphatic rings. The maximum Gasteiger partial charge on any atom is 0.123 e. The number of hydrogen-bond donors (Lipinski definition) is 0. The van der Waals surface area contributed by atoms with E-state index in [1.165, 1.54) is 24.3 Å². The van der Waals surface area contributed by atoms with Gasteiger partial charge in [0.05, 0.1) is 6.04 Å². The summed E-state index contributed by atoms with van der Waals surface area (Å²) in [5, 5.41) is 0. The molecule has 2 aromatic rings. The van der Waals surface area contributed by atoms with E-state index in [-0.39, 0.29) is 17.7 Å². The molecule has 2 rings (SSSR count). The topological polar surface area (TPSA) is 3.24 Å². The zero-order chi connectivity index (χ0) is 18.2. The first-order chi connectivity index (χ1) is 12.1. The van der Waals surface area contributed by atoms with Crippen LogP contribution in [-0.4, -0.2) is 17.5 Å². The highest BCUT2D eigenvalue weighted by molar-refractivity contribution is 5.32. The first kappa shape index (κ1) is 19.6. The van der Waals surface area contributed by atoms with Gasteiger partial charge in [0.2, 0.25) is 0 Å². The normalized spacial score (nSPS) is 12.8. The van der Waals surface area contributed by atoms with Gasteiger partial charge in [-0.15, -0.1) is 0 Å². The van der Waals surface area contributed by atoms with Crippen molar-refractivity contribution in [2.75, 3.05) is 6.54 Å². The van der Waals surface area contributed by atoms with Gasteiger partial charge >= 0.3 is 0 Å². The summed E-state index contributed by atoms with van der Waals surface area (Å²) in [7, 11) is 0. The Morgan fingerprint density at radius 3 is 1.60 bits per heavy atom. The quantitative estimate of drug-likeness (QED) is 0.512. The molecule has 0 saturated carbocycles. The monoisotopic (exact) mass is 345 g/mol. The van der Waals surface area contributed by atoms with Crippen molar-refractivity contribution in [2.24, 2.45) is 0 Å². The fraction of sp³-hybridized carbons (Fsp3) is 0.455. The Bertz CT molecular complexity index is 576. The summed E-state index contributed by atoms with van der Waals surface area (Å²) in [5.74, 6) is -0.464. The SMILES string of the molecule is CCCC(CC)N(CCC)C(c1ccc(F)cc1)c1ccc(F)cc1. The van der Waals surface area contributed by atoms with Gasteiger partial charge in [0.25, 0.3) is 0 Å². The van der Waals surface area contributed by atoms with Gasteiger partial charge in [-0.25, -0.2) is 8.78 Å². The Morgan fingerprint density at radius 2 is 1.24 bits per heavy atom. The van der Waals surface area contributed by atoms with Gasteiger partial charge in [-0.05, 0) is 61.2 Å². The first-order valence-electron chi connectivity index (χ1n) is 9.37. The molecule has 0 fully saturated rings. The summed E-state index contributed by atoms with van der Waals surface area (Å²) in [4.78, 5) is 2.50. The summed E-state index contributed by atoms with van der Waals surface area (Å²) in [5.41, 5.74) is 2.10. The second-order valence-corrected chi connectivity index (χ2v) is 6.59. The van der Waals surface area contributed by atoms with Crippen LogP contribution >= 0.6 is 0 Å². The van der Waals surface area contributed by atoms with Gasteiger partial charge in [-0.3, -0.25) is 4.90 Å². The van der Waals surface area contributed by atoms with Crippen LogP contribution in [0.2, 0.25) is 0 Å². The summed E-state index contributed by atoms with van der Waals surface area (Å²) in [6.45, 7) is 7.56. The molecule has 3 heteroatoms. The Kier molecular flexibility index (Phi) is 7.57. The molecular weight excluding hydrogens is 316 g/mol. The van der Waals surface area contributed by atoms with E-state index in [1.54, 1.807) is 0 Å². The van der Waals surface area contributed by atoms with E-state index >= 15 is 0 Å². The van der Waals surface area contributed by atoms with Crippen LogP contribution in [0.15, 0.2) is 48.5 Å². The molecule has 0 aromatic heterocycles. The van der Waals surface area contributed by atoms with Crippen LogP contribution in [0.1, 0.15) is 63.6 Å². The molecule has 0 aliphatic heterocycles. The number of benzene rings is 2. The van der Waals surface area contributed by atoms with Gasteiger partial charge < -0.3 is 0 Å². The van der Waals surface area contributed by atoms with Crippen molar-refractivity contribution >= 4 is 0 Å². The molecule has 1 nitrogen and oxygen atoms in total. The molecule has 2 aromatic carbocycles. The lowest BCUT2D eigenvalue weighted by Gasteiger charge is -2.38. The van der Waals surface area contributed by atoms with Gasteiger partial charge in [0.15, 0.2) is 0 Å². The molecule has 0 saturated heterocycles. The average molecular weight is 345 g/mol. The lowest BCUT2D eigenvalue weighted by atomic mass is 9.93. The zero-order valence-electron chi connectivity index (χ0n) is 15.5. The van der Waals surface area contributed by atoms with Gasteiger partial charge in [-0.1, -0.05) is 51.5 Å². The Labute approximate surface area is 150 Å². The number of nitrogens with zero attached hydrogens (tertiary/aromatic N) is 1. The van der Waals surface area contributed by atoms with E-state index < -0.39 is 0 Å². The third-order valence-electron chi connectivity index (χ3n) is 4.75. The maximum absolute atomic E-state index is 13.4.